The Morgan fingerprint density at radius 3 is 2.47 bits per heavy atom. The van der Waals surface area contributed by atoms with Gasteiger partial charge in [-0.05, 0) is 25.5 Å². The van der Waals surface area contributed by atoms with E-state index >= 15 is 0 Å². The number of nitrogens with zero attached hydrogens (tertiary/aromatic N) is 3. The molecule has 0 spiro atoms. The monoisotopic (exact) mass is 266 g/mol. The summed E-state index contributed by atoms with van der Waals surface area (Å²) < 4.78 is 0. The first-order valence-electron chi connectivity index (χ1n) is 6.01. The second kappa shape index (κ2) is 5.02. The number of aromatic nitrogens is 1. The van der Waals surface area contributed by atoms with Crippen molar-refractivity contribution < 1.29 is 15.4 Å². The highest BCUT2D eigenvalue weighted by Gasteiger charge is 2.32. The van der Waals surface area contributed by atoms with E-state index in [-0.39, 0.29) is 18.9 Å². The van der Waals surface area contributed by atoms with Gasteiger partial charge in [0.1, 0.15) is 5.82 Å². The molecule has 2 unspecified atom stereocenters. The van der Waals surface area contributed by atoms with Crippen LogP contribution in [0.3, 0.4) is 0 Å². The maximum atomic E-state index is 9.62. The molecule has 2 heterocycles. The van der Waals surface area contributed by atoms with Crippen LogP contribution in [0, 0.1) is 13.8 Å². The first kappa shape index (κ1) is 13.6. The van der Waals surface area contributed by atoms with E-state index in [4.69, 9.17) is 10.9 Å². The fraction of sp³-hybridized carbons (Fsp3) is 0.500. The van der Waals surface area contributed by atoms with Crippen LogP contribution in [-0.2, 0) is 0 Å². The minimum absolute atomic E-state index is 0.0316. The van der Waals surface area contributed by atoms with E-state index in [1.165, 1.54) is 0 Å². The van der Waals surface area contributed by atoms with Gasteiger partial charge in [-0.3, -0.25) is 0 Å². The highest BCUT2D eigenvalue weighted by molar-refractivity contribution is 6.02. The molecule has 0 aromatic carbocycles. The van der Waals surface area contributed by atoms with Gasteiger partial charge in [0, 0.05) is 18.8 Å². The van der Waals surface area contributed by atoms with Crippen molar-refractivity contribution in [1.82, 2.24) is 4.98 Å². The van der Waals surface area contributed by atoms with E-state index < -0.39 is 12.2 Å². The molecule has 0 bridgehead atoms. The zero-order valence-corrected chi connectivity index (χ0v) is 10.9. The van der Waals surface area contributed by atoms with Crippen molar-refractivity contribution >= 4 is 11.7 Å². The summed E-state index contributed by atoms with van der Waals surface area (Å²) in [6, 6.07) is 1.83. The summed E-state index contributed by atoms with van der Waals surface area (Å²) in [6.45, 7) is 4.22. The van der Waals surface area contributed by atoms with Gasteiger partial charge in [0.2, 0.25) is 0 Å². The Hall–Kier alpha value is -1.86. The van der Waals surface area contributed by atoms with Crippen LogP contribution >= 0.6 is 0 Å². The van der Waals surface area contributed by atoms with E-state index in [1.807, 2.05) is 19.9 Å². The number of rotatable bonds is 2. The van der Waals surface area contributed by atoms with Crippen LogP contribution in [0.25, 0.3) is 0 Å². The van der Waals surface area contributed by atoms with Gasteiger partial charge in [-0.1, -0.05) is 5.16 Å². The number of pyridine rings is 1. The zero-order valence-electron chi connectivity index (χ0n) is 10.9. The third-order valence-corrected chi connectivity index (χ3v) is 3.25. The van der Waals surface area contributed by atoms with Crippen LogP contribution < -0.4 is 10.6 Å². The fourth-order valence-corrected chi connectivity index (χ4v) is 2.35. The van der Waals surface area contributed by atoms with Crippen molar-refractivity contribution in [3.8, 4) is 0 Å². The van der Waals surface area contributed by atoms with Gasteiger partial charge in [0.15, 0.2) is 5.84 Å². The second-order valence-electron chi connectivity index (χ2n) is 4.80. The van der Waals surface area contributed by atoms with Gasteiger partial charge in [-0.15, -0.1) is 0 Å². The third kappa shape index (κ3) is 2.47. The Bertz CT molecular complexity index is 508. The summed E-state index contributed by atoms with van der Waals surface area (Å²) in [5.74, 6) is 0.485. The molecule has 2 atom stereocenters. The molecule has 0 amide bonds. The first-order chi connectivity index (χ1) is 8.93. The summed E-state index contributed by atoms with van der Waals surface area (Å²) in [7, 11) is 0. The highest BCUT2D eigenvalue weighted by atomic mass is 16.4. The predicted octanol–water partition coefficient (Wildman–Crippen LogP) is -0.665. The lowest BCUT2D eigenvalue weighted by molar-refractivity contribution is 0.0572. The van der Waals surface area contributed by atoms with Crippen LogP contribution in [0.15, 0.2) is 11.2 Å². The van der Waals surface area contributed by atoms with Gasteiger partial charge in [0.25, 0.3) is 0 Å². The van der Waals surface area contributed by atoms with Crippen molar-refractivity contribution in [2.75, 3.05) is 18.0 Å². The van der Waals surface area contributed by atoms with Gasteiger partial charge < -0.3 is 26.1 Å². The average Bonchev–Trinajstić information content (AvgIpc) is 2.68. The Morgan fingerprint density at radius 2 is 1.95 bits per heavy atom. The van der Waals surface area contributed by atoms with Crippen molar-refractivity contribution in [1.29, 1.82) is 0 Å². The van der Waals surface area contributed by atoms with Gasteiger partial charge >= 0.3 is 0 Å². The molecule has 1 saturated heterocycles. The predicted molar refractivity (Wildman–Crippen MR) is 70.4 cm³/mol. The smallest absolute Gasteiger partial charge is 0.174 e. The summed E-state index contributed by atoms with van der Waals surface area (Å²) in [5.41, 5.74) is 7.83. The maximum absolute atomic E-state index is 9.62. The number of oxime groups is 1. The number of amidine groups is 1. The quantitative estimate of drug-likeness (QED) is 0.244. The van der Waals surface area contributed by atoms with Crippen LogP contribution in [0.4, 0.5) is 5.82 Å². The maximum Gasteiger partial charge on any atom is 0.174 e. The van der Waals surface area contributed by atoms with E-state index in [0.717, 1.165) is 11.3 Å². The number of aliphatic hydroxyl groups is 2. The number of nitrogens with two attached hydrogens (primary N) is 1. The lowest BCUT2D eigenvalue weighted by Gasteiger charge is -2.21. The molecule has 0 radical (unpaired) electrons. The lowest BCUT2D eigenvalue weighted by Crippen LogP contribution is -2.28. The molecule has 1 fully saturated rings. The number of aryl methyl sites for hydroxylation is 2. The Labute approximate surface area is 111 Å². The highest BCUT2D eigenvalue weighted by Crippen LogP contribution is 2.26. The van der Waals surface area contributed by atoms with E-state index in [1.54, 1.807) is 4.90 Å². The number of aliphatic hydroxyl groups excluding tert-OH is 2. The molecule has 7 heteroatoms. The fourth-order valence-electron chi connectivity index (χ4n) is 2.35. The Balaban J connectivity index is 2.50. The standard InChI is InChI=1S/C12H18N4O3/c1-6-3-7(2)14-12(10(6)11(13)15-19)16-4-8(17)9(18)5-16/h3,8-9,17-19H,4-5H2,1-2H3,(H2,13,15). The van der Waals surface area contributed by atoms with Crippen molar-refractivity contribution in [3.63, 3.8) is 0 Å². The average molecular weight is 266 g/mol. The van der Waals surface area contributed by atoms with Crippen molar-refractivity contribution in [2.24, 2.45) is 10.9 Å². The lowest BCUT2D eigenvalue weighted by atomic mass is 10.1. The van der Waals surface area contributed by atoms with Crippen LogP contribution in [0.5, 0.6) is 0 Å². The number of anilines is 1. The summed E-state index contributed by atoms with van der Waals surface area (Å²) in [6.07, 6.45) is -1.63. The second-order valence-corrected chi connectivity index (χ2v) is 4.80. The molecule has 2 rings (SSSR count). The number of hydrogen-bond acceptors (Lipinski definition) is 6. The van der Waals surface area contributed by atoms with E-state index in [2.05, 4.69) is 10.1 Å². The van der Waals surface area contributed by atoms with Crippen molar-refractivity contribution in [3.05, 3.63) is 22.9 Å². The molecule has 19 heavy (non-hydrogen) atoms. The van der Waals surface area contributed by atoms with E-state index in [0.29, 0.717) is 11.4 Å². The molecule has 0 saturated carbocycles. The summed E-state index contributed by atoms with van der Waals surface area (Å²) in [4.78, 5) is 6.12. The molecular formula is C12H18N4O3. The third-order valence-electron chi connectivity index (χ3n) is 3.25. The number of hydrogen-bond donors (Lipinski definition) is 4. The van der Waals surface area contributed by atoms with E-state index in [9.17, 15) is 10.2 Å². The molecule has 1 aliphatic rings. The topological polar surface area (TPSA) is 115 Å². The van der Waals surface area contributed by atoms with Crippen molar-refractivity contribution in [2.45, 2.75) is 26.1 Å². The molecule has 104 valence electrons. The Kier molecular flexibility index (Phi) is 3.59. The van der Waals surface area contributed by atoms with Crippen LogP contribution in [0.1, 0.15) is 16.8 Å². The summed E-state index contributed by atoms with van der Waals surface area (Å²) in [5, 5.41) is 31.1. The molecule has 5 N–H and O–H groups in total. The normalized spacial score (nSPS) is 24.0. The molecule has 1 aliphatic heterocycles. The van der Waals surface area contributed by atoms with Gasteiger partial charge in [0.05, 0.1) is 17.8 Å². The minimum atomic E-state index is -0.817. The van der Waals surface area contributed by atoms with Crippen LogP contribution in [0.2, 0.25) is 0 Å². The van der Waals surface area contributed by atoms with Crippen LogP contribution in [-0.4, -0.2) is 51.5 Å². The molecule has 7 nitrogen and oxygen atoms in total. The SMILES string of the molecule is Cc1cc(C)c(/C(N)=N/O)c(N2CC(O)C(O)C2)n1. The van der Waals surface area contributed by atoms with Gasteiger partial charge in [-0.2, -0.15) is 0 Å². The molecule has 0 aliphatic carbocycles. The van der Waals surface area contributed by atoms with Gasteiger partial charge in [-0.25, -0.2) is 4.98 Å². The minimum Gasteiger partial charge on any atom is -0.409 e. The first-order valence-corrected chi connectivity index (χ1v) is 6.01. The largest absolute Gasteiger partial charge is 0.409 e. The summed E-state index contributed by atoms with van der Waals surface area (Å²) >= 11 is 0. The zero-order chi connectivity index (χ0) is 14.2. The Morgan fingerprint density at radius 1 is 1.37 bits per heavy atom. The molecular weight excluding hydrogens is 248 g/mol. The molecule has 1 aromatic rings. The molecule has 1 aromatic heterocycles. The number of β-amino-alcohol motifs (C(OH)–C–C–N with tert-alkyl or cyclic N) is 2.